The summed E-state index contributed by atoms with van der Waals surface area (Å²) in [6.07, 6.45) is 0. The van der Waals surface area contributed by atoms with Gasteiger partial charge in [-0.2, -0.15) is 4.21 Å². The number of hydrogen-bond donors (Lipinski definition) is 2. The molecule has 36 valence electrons. The van der Waals surface area contributed by atoms with Crippen LogP contribution in [0.25, 0.3) is 0 Å². The second-order valence-electron chi connectivity index (χ2n) is 0.231. The minimum atomic E-state index is -2.61. The predicted molar refractivity (Wildman–Crippen MR) is 20.5 cm³/mol. The minimum absolute atomic E-state index is 0. The summed E-state index contributed by atoms with van der Waals surface area (Å²) in [5, 5.41) is 0. The van der Waals surface area contributed by atoms with E-state index in [0.29, 0.717) is 0 Å². The van der Waals surface area contributed by atoms with E-state index >= 15 is 0 Å². The van der Waals surface area contributed by atoms with Crippen LogP contribution in [0.4, 0.5) is 0 Å². The van der Waals surface area contributed by atoms with Crippen molar-refractivity contribution >= 4 is 40.9 Å². The Hall–Kier alpha value is 1.59. The topological polar surface area (TPSA) is 57.5 Å². The molecule has 0 rings (SSSR count). The molecule has 6 heavy (non-hydrogen) atoms. The van der Waals surface area contributed by atoms with Crippen LogP contribution in [0.2, 0.25) is 0 Å². The quantitative estimate of drug-likeness (QED) is 0.355. The first-order valence-corrected chi connectivity index (χ1v) is 1.60. The average molecular weight is 162 g/mol. The van der Waals surface area contributed by atoms with Gasteiger partial charge < -0.3 is 0 Å². The molecule has 0 spiro atoms. The van der Waals surface area contributed by atoms with Gasteiger partial charge in [0, 0.05) is 17.1 Å². The first-order valence-electron chi connectivity index (χ1n) is 0.532. The van der Waals surface area contributed by atoms with Gasteiger partial charge in [-0.25, -0.2) is 0 Å². The summed E-state index contributed by atoms with van der Waals surface area (Å²) in [6, 6.07) is 0. The van der Waals surface area contributed by atoms with Gasteiger partial charge in [0.2, 0.25) is 0 Å². The molecule has 0 fully saturated rings. The van der Waals surface area contributed by atoms with Crippen LogP contribution in [0.3, 0.4) is 0 Å². The van der Waals surface area contributed by atoms with Crippen molar-refractivity contribution in [2.24, 2.45) is 0 Å². The van der Waals surface area contributed by atoms with Gasteiger partial charge in [-0.05, 0) is 0 Å². The molecule has 3 nitrogen and oxygen atoms in total. The molecule has 0 saturated carbocycles. The fourth-order valence-corrected chi connectivity index (χ4v) is 0. The fourth-order valence-electron chi connectivity index (χ4n) is 0. The van der Waals surface area contributed by atoms with Crippen molar-refractivity contribution in [3.63, 3.8) is 0 Å². The molecular formula is H3FeNaO3S. The average Bonchev–Trinajstić information content (AvgIpc) is 0.811. The number of hydrogen-bond acceptors (Lipinski definition) is 1. The molecule has 0 aromatic rings. The molecule has 0 aliphatic heterocycles. The van der Waals surface area contributed by atoms with Crippen molar-refractivity contribution in [2.45, 2.75) is 0 Å². The maximum atomic E-state index is 8.67. The SMILES string of the molecule is O=S(O)O.[Fe].[NaH]. The summed E-state index contributed by atoms with van der Waals surface area (Å²) in [5.74, 6) is 0. The van der Waals surface area contributed by atoms with Crippen LogP contribution < -0.4 is 0 Å². The standard InChI is InChI=1S/Fe.Na.H2O3S.H/c;;1-4(2)3;/h;;(H2,1,2,3);. The van der Waals surface area contributed by atoms with E-state index in [1.165, 1.54) is 0 Å². The number of rotatable bonds is 0. The van der Waals surface area contributed by atoms with E-state index in [0.717, 1.165) is 0 Å². The van der Waals surface area contributed by atoms with Crippen LogP contribution in [0.15, 0.2) is 0 Å². The Morgan fingerprint density at radius 2 is 1.33 bits per heavy atom. The molecule has 0 unspecified atom stereocenters. The van der Waals surface area contributed by atoms with Gasteiger partial charge in [0.05, 0.1) is 0 Å². The second kappa shape index (κ2) is 9.77. The van der Waals surface area contributed by atoms with Gasteiger partial charge in [0.1, 0.15) is 0 Å². The molecule has 0 atom stereocenters. The normalized spacial score (nSPS) is 5.83. The van der Waals surface area contributed by atoms with Crippen LogP contribution in [0.1, 0.15) is 0 Å². The van der Waals surface area contributed by atoms with Gasteiger partial charge in [-0.15, -0.1) is 0 Å². The third-order valence-corrected chi connectivity index (χ3v) is 0. The van der Waals surface area contributed by atoms with Crippen LogP contribution >= 0.6 is 0 Å². The van der Waals surface area contributed by atoms with Gasteiger partial charge >= 0.3 is 29.6 Å². The molecule has 0 saturated heterocycles. The zero-order valence-electron chi connectivity index (χ0n) is 2.06. The van der Waals surface area contributed by atoms with Gasteiger partial charge in [0.25, 0.3) is 11.4 Å². The maximum absolute atomic E-state index is 8.67. The van der Waals surface area contributed by atoms with E-state index in [2.05, 4.69) is 0 Å². The molecule has 0 aromatic heterocycles. The fraction of sp³-hybridized carbons (Fsp3) is 0. The monoisotopic (exact) mass is 162 g/mol. The molecule has 0 aliphatic rings. The third-order valence-electron chi connectivity index (χ3n) is 0. The zero-order chi connectivity index (χ0) is 3.58. The Labute approximate surface area is 70.8 Å². The Morgan fingerprint density at radius 1 is 1.33 bits per heavy atom. The van der Waals surface area contributed by atoms with Crippen LogP contribution in [-0.4, -0.2) is 42.9 Å². The Balaban J connectivity index is -0.0000000450. The van der Waals surface area contributed by atoms with E-state index < -0.39 is 11.4 Å². The van der Waals surface area contributed by atoms with Crippen LogP contribution in [0, 0.1) is 0 Å². The van der Waals surface area contributed by atoms with Crippen molar-refractivity contribution in [1.29, 1.82) is 0 Å². The third kappa shape index (κ3) is 46.6. The van der Waals surface area contributed by atoms with Crippen LogP contribution in [-0.2, 0) is 28.4 Å². The first kappa shape index (κ1) is 15.6. The van der Waals surface area contributed by atoms with Crippen LogP contribution in [0.5, 0.6) is 0 Å². The zero-order valence-corrected chi connectivity index (χ0v) is 3.99. The molecule has 6 heteroatoms. The summed E-state index contributed by atoms with van der Waals surface area (Å²) >= 11 is -2.61. The van der Waals surface area contributed by atoms with E-state index in [4.69, 9.17) is 13.3 Å². The Morgan fingerprint density at radius 3 is 1.33 bits per heavy atom. The van der Waals surface area contributed by atoms with Crippen molar-refractivity contribution in [1.82, 2.24) is 0 Å². The molecule has 0 amide bonds. The molecule has 0 aliphatic carbocycles. The molecule has 2 N–H and O–H groups in total. The summed E-state index contributed by atoms with van der Waals surface area (Å²) in [4.78, 5) is 0. The summed E-state index contributed by atoms with van der Waals surface area (Å²) in [5.41, 5.74) is 0. The summed E-state index contributed by atoms with van der Waals surface area (Å²) < 4.78 is 22.8. The van der Waals surface area contributed by atoms with Crippen molar-refractivity contribution in [3.05, 3.63) is 0 Å². The van der Waals surface area contributed by atoms with E-state index in [1.54, 1.807) is 0 Å². The van der Waals surface area contributed by atoms with Gasteiger partial charge in [-0.1, -0.05) is 0 Å². The summed E-state index contributed by atoms with van der Waals surface area (Å²) in [7, 11) is 0. The first-order chi connectivity index (χ1) is 1.73. The van der Waals surface area contributed by atoms with Gasteiger partial charge in [0.15, 0.2) is 0 Å². The van der Waals surface area contributed by atoms with Gasteiger partial charge in [-0.3, -0.25) is 9.11 Å². The van der Waals surface area contributed by atoms with E-state index in [9.17, 15) is 0 Å². The second-order valence-corrected chi connectivity index (χ2v) is 0.692. The molecular weight excluding hydrogens is 159 g/mol. The predicted octanol–water partition coefficient (Wildman–Crippen LogP) is -0.970. The van der Waals surface area contributed by atoms with E-state index in [-0.39, 0.29) is 46.6 Å². The molecule has 0 heterocycles. The van der Waals surface area contributed by atoms with Crippen molar-refractivity contribution < 1.29 is 30.4 Å². The summed E-state index contributed by atoms with van der Waals surface area (Å²) in [6.45, 7) is 0. The Bertz CT molecular complexity index is 33.8. The van der Waals surface area contributed by atoms with Crippen molar-refractivity contribution in [3.8, 4) is 0 Å². The molecule has 0 radical (unpaired) electrons. The van der Waals surface area contributed by atoms with E-state index in [1.807, 2.05) is 0 Å². The Kier molecular flexibility index (Phi) is 25.5. The molecule has 0 aromatic carbocycles. The van der Waals surface area contributed by atoms with Crippen molar-refractivity contribution in [2.75, 3.05) is 0 Å². The molecule has 0 bridgehead atoms.